The Morgan fingerprint density at radius 2 is 2.00 bits per heavy atom. The Morgan fingerprint density at radius 1 is 1.40 bits per heavy atom. The van der Waals surface area contributed by atoms with Gasteiger partial charge in [-0.15, -0.1) is 0 Å². The van der Waals surface area contributed by atoms with E-state index in [1.54, 1.807) is 0 Å². The Balaban J connectivity index is 3.53. The van der Waals surface area contributed by atoms with Crippen LogP contribution in [0.15, 0.2) is 6.07 Å². The van der Waals surface area contributed by atoms with Crippen LogP contribution in [0.3, 0.4) is 0 Å². The molecule has 0 aliphatic carbocycles. The number of aromatic carboxylic acids is 1. The van der Waals surface area contributed by atoms with Crippen molar-refractivity contribution in [3.63, 3.8) is 0 Å². The molecular formula is C9H11NO5. The molecule has 0 fully saturated rings. The molecule has 0 bridgehead atoms. The molecule has 0 radical (unpaired) electrons. The van der Waals surface area contributed by atoms with Gasteiger partial charge < -0.3 is 25.4 Å². The van der Waals surface area contributed by atoms with Gasteiger partial charge in [0.15, 0.2) is 11.5 Å². The van der Waals surface area contributed by atoms with Gasteiger partial charge in [0.05, 0.1) is 19.9 Å². The standard InChI is InChI=1S/C9H11NO5/c1-14-5-3-4(10)6(9(12)13)8(15-2)7(5)11/h3,11H,10H2,1-2H3,(H,12,13). The average Bonchev–Trinajstić information content (AvgIpc) is 2.19. The van der Waals surface area contributed by atoms with Crippen LogP contribution in [-0.4, -0.2) is 30.4 Å². The lowest BCUT2D eigenvalue weighted by molar-refractivity contribution is 0.0693. The van der Waals surface area contributed by atoms with Crippen LogP contribution in [0.1, 0.15) is 10.4 Å². The summed E-state index contributed by atoms with van der Waals surface area (Å²) in [7, 11) is 2.56. The van der Waals surface area contributed by atoms with Crippen LogP contribution in [0, 0.1) is 0 Å². The minimum Gasteiger partial charge on any atom is -0.502 e. The molecule has 0 amide bonds. The Labute approximate surface area is 85.8 Å². The highest BCUT2D eigenvalue weighted by molar-refractivity contribution is 5.98. The summed E-state index contributed by atoms with van der Waals surface area (Å²) in [5.74, 6) is -1.80. The monoisotopic (exact) mass is 213 g/mol. The van der Waals surface area contributed by atoms with Crippen molar-refractivity contribution in [1.29, 1.82) is 0 Å². The molecule has 0 atom stereocenters. The van der Waals surface area contributed by atoms with Crippen molar-refractivity contribution in [2.24, 2.45) is 0 Å². The summed E-state index contributed by atoms with van der Waals surface area (Å²) < 4.78 is 9.57. The summed E-state index contributed by atoms with van der Waals surface area (Å²) >= 11 is 0. The van der Waals surface area contributed by atoms with Gasteiger partial charge in [0.1, 0.15) is 5.56 Å². The summed E-state index contributed by atoms with van der Waals surface area (Å²) in [6.45, 7) is 0. The van der Waals surface area contributed by atoms with Crippen LogP contribution in [0.4, 0.5) is 5.69 Å². The maximum absolute atomic E-state index is 10.8. The van der Waals surface area contributed by atoms with Crippen LogP contribution in [0.25, 0.3) is 0 Å². The molecule has 1 rings (SSSR count). The van der Waals surface area contributed by atoms with Crippen molar-refractivity contribution in [2.45, 2.75) is 0 Å². The number of nitrogen functional groups attached to an aromatic ring is 1. The zero-order valence-corrected chi connectivity index (χ0v) is 8.27. The number of phenolic OH excluding ortho intramolecular Hbond substituents is 1. The minimum atomic E-state index is -1.28. The topological polar surface area (TPSA) is 102 Å². The second-order valence-corrected chi connectivity index (χ2v) is 2.73. The third-order valence-electron chi connectivity index (χ3n) is 1.89. The molecule has 6 heteroatoms. The number of carbonyl (C=O) groups is 1. The lowest BCUT2D eigenvalue weighted by Gasteiger charge is -2.12. The van der Waals surface area contributed by atoms with Crippen LogP contribution >= 0.6 is 0 Å². The predicted molar refractivity (Wildman–Crippen MR) is 52.6 cm³/mol. The molecule has 0 spiro atoms. The van der Waals surface area contributed by atoms with Gasteiger partial charge in [0, 0.05) is 6.07 Å². The number of phenols is 1. The lowest BCUT2D eigenvalue weighted by atomic mass is 10.1. The van der Waals surface area contributed by atoms with E-state index in [9.17, 15) is 9.90 Å². The van der Waals surface area contributed by atoms with E-state index in [0.29, 0.717) is 0 Å². The number of hydrogen-bond acceptors (Lipinski definition) is 5. The van der Waals surface area contributed by atoms with Crippen molar-refractivity contribution >= 4 is 11.7 Å². The molecule has 1 aromatic rings. The summed E-state index contributed by atoms with van der Waals surface area (Å²) in [6.07, 6.45) is 0. The van der Waals surface area contributed by atoms with Gasteiger partial charge in [0.2, 0.25) is 5.75 Å². The van der Waals surface area contributed by atoms with Crippen LogP contribution in [0.5, 0.6) is 17.2 Å². The summed E-state index contributed by atoms with van der Waals surface area (Å²) in [4.78, 5) is 10.8. The van der Waals surface area contributed by atoms with Crippen LogP contribution < -0.4 is 15.2 Å². The Kier molecular flexibility index (Phi) is 2.89. The third-order valence-corrected chi connectivity index (χ3v) is 1.89. The van der Waals surface area contributed by atoms with Gasteiger partial charge in [-0.05, 0) is 0 Å². The highest BCUT2D eigenvalue weighted by Gasteiger charge is 2.22. The Bertz CT molecular complexity index is 402. The smallest absolute Gasteiger partial charge is 0.341 e. The maximum Gasteiger partial charge on any atom is 0.341 e. The fourth-order valence-corrected chi connectivity index (χ4v) is 1.22. The highest BCUT2D eigenvalue weighted by atomic mass is 16.5. The van der Waals surface area contributed by atoms with E-state index in [1.165, 1.54) is 20.3 Å². The number of methoxy groups -OCH3 is 2. The first-order valence-corrected chi connectivity index (χ1v) is 3.99. The van der Waals surface area contributed by atoms with E-state index >= 15 is 0 Å². The summed E-state index contributed by atoms with van der Waals surface area (Å²) in [6, 6.07) is 1.22. The number of carboxylic acids is 1. The second kappa shape index (κ2) is 3.95. The van der Waals surface area contributed by atoms with Crippen LogP contribution in [-0.2, 0) is 0 Å². The van der Waals surface area contributed by atoms with E-state index in [0.717, 1.165) is 0 Å². The molecule has 0 heterocycles. The SMILES string of the molecule is COc1cc(N)c(C(=O)O)c(OC)c1O. The van der Waals surface area contributed by atoms with Crippen molar-refractivity contribution in [3.05, 3.63) is 11.6 Å². The number of benzene rings is 1. The van der Waals surface area contributed by atoms with Gasteiger partial charge in [0.25, 0.3) is 0 Å². The molecule has 0 aliphatic heterocycles. The van der Waals surface area contributed by atoms with Crippen molar-refractivity contribution in [1.82, 2.24) is 0 Å². The van der Waals surface area contributed by atoms with E-state index in [-0.39, 0.29) is 28.5 Å². The first kappa shape index (κ1) is 11.0. The number of aromatic hydroxyl groups is 1. The summed E-state index contributed by atoms with van der Waals surface area (Å²) in [5, 5.41) is 18.4. The molecule has 0 aromatic heterocycles. The largest absolute Gasteiger partial charge is 0.502 e. The van der Waals surface area contributed by atoms with Gasteiger partial charge in [-0.3, -0.25) is 0 Å². The molecule has 0 aliphatic rings. The third kappa shape index (κ3) is 1.74. The van der Waals surface area contributed by atoms with Gasteiger partial charge >= 0.3 is 5.97 Å². The molecular weight excluding hydrogens is 202 g/mol. The fraction of sp³-hybridized carbons (Fsp3) is 0.222. The van der Waals surface area contributed by atoms with Crippen molar-refractivity contribution in [2.75, 3.05) is 20.0 Å². The fourth-order valence-electron chi connectivity index (χ4n) is 1.22. The molecule has 6 nitrogen and oxygen atoms in total. The number of rotatable bonds is 3. The lowest BCUT2D eigenvalue weighted by Crippen LogP contribution is -2.06. The average molecular weight is 213 g/mol. The number of hydrogen-bond donors (Lipinski definition) is 3. The summed E-state index contributed by atoms with van der Waals surface area (Å²) in [5.41, 5.74) is 5.18. The number of ether oxygens (including phenoxy) is 2. The van der Waals surface area contributed by atoms with Crippen molar-refractivity contribution < 1.29 is 24.5 Å². The zero-order valence-electron chi connectivity index (χ0n) is 8.27. The number of carboxylic acid groups (broad SMARTS) is 1. The molecule has 4 N–H and O–H groups in total. The van der Waals surface area contributed by atoms with Gasteiger partial charge in [-0.25, -0.2) is 4.79 Å². The van der Waals surface area contributed by atoms with E-state index in [4.69, 9.17) is 20.3 Å². The molecule has 0 saturated carbocycles. The zero-order chi connectivity index (χ0) is 11.6. The maximum atomic E-state index is 10.8. The predicted octanol–water partition coefficient (Wildman–Crippen LogP) is 0.690. The van der Waals surface area contributed by atoms with Crippen molar-refractivity contribution in [3.8, 4) is 17.2 Å². The minimum absolute atomic E-state index is 0.0333. The second-order valence-electron chi connectivity index (χ2n) is 2.73. The van der Waals surface area contributed by atoms with Gasteiger partial charge in [-0.2, -0.15) is 0 Å². The van der Waals surface area contributed by atoms with E-state index in [1.807, 2.05) is 0 Å². The normalized spacial score (nSPS) is 9.73. The first-order chi connectivity index (χ1) is 7.02. The van der Waals surface area contributed by atoms with E-state index in [2.05, 4.69) is 0 Å². The molecule has 1 aromatic carbocycles. The Morgan fingerprint density at radius 3 is 2.40 bits per heavy atom. The Hall–Kier alpha value is -2.11. The quantitative estimate of drug-likeness (QED) is 0.504. The molecule has 15 heavy (non-hydrogen) atoms. The first-order valence-electron chi connectivity index (χ1n) is 3.99. The number of nitrogens with two attached hydrogens (primary N) is 1. The highest BCUT2D eigenvalue weighted by Crippen LogP contribution is 2.42. The van der Waals surface area contributed by atoms with Crippen LogP contribution in [0.2, 0.25) is 0 Å². The molecule has 0 saturated heterocycles. The molecule has 0 unspecified atom stereocenters. The molecule has 82 valence electrons. The van der Waals surface area contributed by atoms with Gasteiger partial charge in [-0.1, -0.05) is 0 Å². The number of anilines is 1. The van der Waals surface area contributed by atoms with E-state index < -0.39 is 5.97 Å².